The first-order chi connectivity index (χ1) is 17.6. The van der Waals surface area contributed by atoms with Gasteiger partial charge in [0.05, 0.1) is 31.6 Å². The number of hydrogen-bond acceptors (Lipinski definition) is 6. The Labute approximate surface area is 209 Å². The third-order valence-electron chi connectivity index (χ3n) is 6.23. The Bertz CT molecular complexity index is 1420. The number of esters is 1. The molecule has 7 heteroatoms. The van der Waals surface area contributed by atoms with E-state index < -0.39 is 0 Å². The van der Waals surface area contributed by atoms with Gasteiger partial charge in [0.25, 0.3) is 0 Å². The fourth-order valence-electron chi connectivity index (χ4n) is 4.38. The molecular formula is C29H27N3O4. The van der Waals surface area contributed by atoms with Crippen molar-refractivity contribution in [1.29, 1.82) is 0 Å². The van der Waals surface area contributed by atoms with Crippen LogP contribution in [0.25, 0.3) is 11.3 Å². The summed E-state index contributed by atoms with van der Waals surface area (Å²) in [4.78, 5) is 15.8. The monoisotopic (exact) mass is 481 g/mol. The third kappa shape index (κ3) is 5.21. The van der Waals surface area contributed by atoms with Gasteiger partial charge < -0.3 is 14.6 Å². The fraction of sp³-hybridized carbons (Fsp3) is 0.207. The van der Waals surface area contributed by atoms with Crippen molar-refractivity contribution in [1.82, 2.24) is 9.78 Å². The number of hydrogen-bond donors (Lipinski definition) is 1. The molecular weight excluding hydrogens is 454 g/mol. The number of nitrogens with zero attached hydrogens (tertiary/aromatic N) is 3. The quantitative estimate of drug-likeness (QED) is 0.330. The number of carbonyl (C=O) groups excluding carboxylic acids is 1. The number of aliphatic hydroxyl groups excluding tert-OH is 1. The van der Waals surface area contributed by atoms with E-state index in [-0.39, 0.29) is 12.6 Å². The van der Waals surface area contributed by atoms with Crippen molar-refractivity contribution >= 4 is 17.9 Å². The summed E-state index contributed by atoms with van der Waals surface area (Å²) in [5.41, 5.74) is 6.66. The lowest BCUT2D eigenvalue weighted by Crippen LogP contribution is -2.03. The topological polar surface area (TPSA) is 85.9 Å². The Morgan fingerprint density at radius 2 is 1.92 bits per heavy atom. The van der Waals surface area contributed by atoms with Crippen LogP contribution in [0.4, 0.5) is 5.69 Å². The summed E-state index contributed by atoms with van der Waals surface area (Å²) in [5.74, 6) is 1.10. The Morgan fingerprint density at radius 3 is 2.78 bits per heavy atom. The van der Waals surface area contributed by atoms with E-state index in [0.29, 0.717) is 37.3 Å². The lowest BCUT2D eigenvalue weighted by atomic mass is 10.0. The number of rotatable bonds is 9. The molecule has 1 aliphatic rings. The molecule has 5 rings (SSSR count). The predicted octanol–water partition coefficient (Wildman–Crippen LogP) is 5.25. The highest BCUT2D eigenvalue weighted by atomic mass is 16.5. The smallest absolute Gasteiger partial charge is 0.305 e. The molecule has 1 N–H and O–H groups in total. The van der Waals surface area contributed by atoms with Crippen molar-refractivity contribution in [2.75, 3.05) is 7.11 Å². The first-order valence-electron chi connectivity index (χ1n) is 11.9. The molecule has 0 fully saturated rings. The summed E-state index contributed by atoms with van der Waals surface area (Å²) < 4.78 is 12.8. The molecule has 0 saturated heterocycles. The van der Waals surface area contributed by atoms with Gasteiger partial charge in [-0.3, -0.25) is 14.5 Å². The van der Waals surface area contributed by atoms with Crippen molar-refractivity contribution in [3.63, 3.8) is 0 Å². The maximum absolute atomic E-state index is 11.4. The molecule has 0 spiro atoms. The number of methoxy groups -OCH3 is 1. The van der Waals surface area contributed by atoms with Gasteiger partial charge in [0.2, 0.25) is 0 Å². The molecule has 1 aromatic heterocycles. The second kappa shape index (κ2) is 10.6. The molecule has 4 aromatic rings. The van der Waals surface area contributed by atoms with Crippen LogP contribution < -0.4 is 4.74 Å². The first kappa shape index (κ1) is 23.5. The van der Waals surface area contributed by atoms with Crippen LogP contribution >= 0.6 is 0 Å². The second-order valence-corrected chi connectivity index (χ2v) is 8.64. The van der Waals surface area contributed by atoms with E-state index in [1.165, 1.54) is 7.11 Å². The van der Waals surface area contributed by atoms with Crippen LogP contribution in [-0.2, 0) is 35.5 Å². The van der Waals surface area contributed by atoms with Crippen molar-refractivity contribution < 1.29 is 19.4 Å². The van der Waals surface area contributed by atoms with Gasteiger partial charge in [0.15, 0.2) is 0 Å². The van der Waals surface area contributed by atoms with Crippen LogP contribution in [-0.4, -0.2) is 34.2 Å². The highest BCUT2D eigenvalue weighted by Gasteiger charge is 2.17. The summed E-state index contributed by atoms with van der Waals surface area (Å²) in [6, 6.07) is 21.7. The van der Waals surface area contributed by atoms with Gasteiger partial charge in [0, 0.05) is 36.4 Å². The van der Waals surface area contributed by atoms with E-state index >= 15 is 0 Å². The maximum atomic E-state index is 11.4. The zero-order chi connectivity index (χ0) is 24.9. The van der Waals surface area contributed by atoms with E-state index in [1.807, 2.05) is 71.7 Å². The molecule has 0 unspecified atom stereocenters. The molecule has 3 aromatic carbocycles. The summed E-state index contributed by atoms with van der Waals surface area (Å²) in [5, 5.41) is 14.7. The third-order valence-corrected chi connectivity index (χ3v) is 6.23. The normalized spacial score (nSPS) is 11.9. The van der Waals surface area contributed by atoms with Crippen LogP contribution in [0.15, 0.2) is 77.9 Å². The molecule has 0 saturated carbocycles. The maximum Gasteiger partial charge on any atom is 0.305 e. The first-order valence-corrected chi connectivity index (χ1v) is 11.9. The molecule has 0 atom stereocenters. The minimum atomic E-state index is -0.207. The predicted molar refractivity (Wildman–Crippen MR) is 138 cm³/mol. The van der Waals surface area contributed by atoms with Crippen molar-refractivity contribution in [3.8, 4) is 22.8 Å². The summed E-state index contributed by atoms with van der Waals surface area (Å²) in [6.45, 7) is 0.523. The van der Waals surface area contributed by atoms with Gasteiger partial charge in [-0.25, -0.2) is 0 Å². The molecule has 0 radical (unpaired) electrons. The number of fused-ring (bicyclic) bond motifs is 1. The lowest BCUT2D eigenvalue weighted by molar-refractivity contribution is -0.140. The van der Waals surface area contributed by atoms with E-state index in [0.717, 1.165) is 39.2 Å². The molecule has 0 amide bonds. The number of carbonyl (C=O) groups is 1. The molecule has 0 bridgehead atoms. The Kier molecular flexibility index (Phi) is 6.91. The van der Waals surface area contributed by atoms with Gasteiger partial charge in [0.1, 0.15) is 11.5 Å². The van der Waals surface area contributed by atoms with Crippen molar-refractivity contribution in [2.45, 2.75) is 32.4 Å². The average molecular weight is 482 g/mol. The number of aliphatic imine (C=N–C) groups is 1. The number of aliphatic hydroxyl groups is 1. The molecule has 0 aliphatic carbocycles. The van der Waals surface area contributed by atoms with Crippen LogP contribution in [0.1, 0.15) is 28.7 Å². The minimum Gasteiger partial charge on any atom is -0.469 e. The SMILES string of the molecule is COC(=O)CCc1cccc(Cn2ccc(-c3cccc(Oc4ccc5c(c4CO)CC=N5)c3)n2)c1. The molecule has 1 aliphatic heterocycles. The molecule has 7 nitrogen and oxygen atoms in total. The van der Waals surface area contributed by atoms with Gasteiger partial charge in [-0.15, -0.1) is 0 Å². The van der Waals surface area contributed by atoms with E-state index in [2.05, 4.69) is 17.1 Å². The number of aromatic nitrogens is 2. The van der Waals surface area contributed by atoms with E-state index in [1.54, 1.807) is 0 Å². The largest absolute Gasteiger partial charge is 0.469 e. The standard InChI is InChI=1S/C29H27N3O4/c1-35-29(34)11-8-20-4-2-5-21(16-20)18-32-15-13-26(31-32)22-6-3-7-23(17-22)36-28-10-9-27-24(12-14-30-27)25(28)19-33/h2-7,9-10,13-17,33H,8,11-12,18-19H2,1H3. The van der Waals surface area contributed by atoms with Gasteiger partial charge in [-0.2, -0.15) is 5.10 Å². The summed E-state index contributed by atoms with van der Waals surface area (Å²) >= 11 is 0. The van der Waals surface area contributed by atoms with E-state index in [4.69, 9.17) is 14.6 Å². The highest BCUT2D eigenvalue weighted by molar-refractivity contribution is 5.78. The van der Waals surface area contributed by atoms with Crippen LogP contribution in [0.2, 0.25) is 0 Å². The van der Waals surface area contributed by atoms with Crippen LogP contribution in [0.5, 0.6) is 11.5 Å². The average Bonchev–Trinajstić information content (AvgIpc) is 3.57. The van der Waals surface area contributed by atoms with Crippen molar-refractivity contribution in [2.24, 2.45) is 4.99 Å². The lowest BCUT2D eigenvalue weighted by Gasteiger charge is -2.13. The van der Waals surface area contributed by atoms with Gasteiger partial charge in [-0.1, -0.05) is 36.4 Å². The summed E-state index contributed by atoms with van der Waals surface area (Å²) in [6.07, 6.45) is 5.52. The van der Waals surface area contributed by atoms with Gasteiger partial charge in [-0.05, 0) is 53.4 Å². The minimum absolute atomic E-state index is 0.101. The zero-order valence-corrected chi connectivity index (χ0v) is 20.1. The van der Waals surface area contributed by atoms with Gasteiger partial charge >= 0.3 is 5.97 Å². The fourth-order valence-corrected chi connectivity index (χ4v) is 4.38. The number of ether oxygens (including phenoxy) is 2. The Balaban J connectivity index is 1.29. The van der Waals surface area contributed by atoms with Crippen LogP contribution in [0.3, 0.4) is 0 Å². The number of benzene rings is 3. The Hall–Kier alpha value is -4.23. The second-order valence-electron chi connectivity index (χ2n) is 8.64. The van der Waals surface area contributed by atoms with Crippen LogP contribution in [0, 0.1) is 0 Å². The highest BCUT2D eigenvalue weighted by Crippen LogP contribution is 2.36. The number of aryl methyl sites for hydroxylation is 1. The zero-order valence-electron chi connectivity index (χ0n) is 20.1. The van der Waals surface area contributed by atoms with Crippen molar-refractivity contribution in [3.05, 3.63) is 95.2 Å². The summed E-state index contributed by atoms with van der Waals surface area (Å²) in [7, 11) is 1.41. The molecule has 2 heterocycles. The Morgan fingerprint density at radius 1 is 1.06 bits per heavy atom. The molecule has 36 heavy (non-hydrogen) atoms. The molecule has 182 valence electrons. The van der Waals surface area contributed by atoms with E-state index in [9.17, 15) is 9.90 Å².